The predicted molar refractivity (Wildman–Crippen MR) is 59.9 cm³/mol. The van der Waals surface area contributed by atoms with E-state index in [-0.39, 0.29) is 0 Å². The van der Waals surface area contributed by atoms with Crippen LogP contribution < -0.4 is 0 Å². The summed E-state index contributed by atoms with van der Waals surface area (Å²) < 4.78 is 1.59. The van der Waals surface area contributed by atoms with Gasteiger partial charge in [-0.05, 0) is 23.8 Å². The van der Waals surface area contributed by atoms with Crippen molar-refractivity contribution in [3.8, 4) is 0 Å². The zero-order chi connectivity index (χ0) is 10.7. The topological polar surface area (TPSA) is 60.7 Å². The van der Waals surface area contributed by atoms with Crippen LogP contribution in [0.25, 0.3) is 0 Å². The number of aliphatic hydroxyl groups excluding tert-OH is 3. The smallest absolute Gasteiger partial charge is 0.107 e. The minimum atomic E-state index is -1.16. The van der Waals surface area contributed by atoms with E-state index in [2.05, 4.69) is 31.9 Å². The van der Waals surface area contributed by atoms with Gasteiger partial charge >= 0.3 is 0 Å². The summed E-state index contributed by atoms with van der Waals surface area (Å²) in [6.45, 7) is -0.467. The van der Waals surface area contributed by atoms with Gasteiger partial charge in [0, 0.05) is 8.95 Å². The lowest BCUT2D eigenvalue weighted by Gasteiger charge is -2.16. The molecule has 78 valence electrons. The molecule has 0 bridgehead atoms. The molecule has 14 heavy (non-hydrogen) atoms. The van der Waals surface area contributed by atoms with Crippen LogP contribution in [0.5, 0.6) is 0 Å². The molecule has 3 nitrogen and oxygen atoms in total. The number of aliphatic hydroxyl groups is 3. The second kappa shape index (κ2) is 5.23. The SMILES string of the molecule is OCC(O)C(O)c1cc(Br)cc(Br)c1. The number of hydrogen-bond acceptors (Lipinski definition) is 3. The number of rotatable bonds is 3. The van der Waals surface area contributed by atoms with E-state index in [1.807, 2.05) is 6.07 Å². The summed E-state index contributed by atoms with van der Waals surface area (Å²) in [7, 11) is 0. The second-order valence-corrected chi connectivity index (χ2v) is 4.73. The van der Waals surface area contributed by atoms with Crippen LogP contribution in [0.1, 0.15) is 11.7 Å². The highest BCUT2D eigenvalue weighted by atomic mass is 79.9. The van der Waals surface area contributed by atoms with Crippen molar-refractivity contribution in [2.75, 3.05) is 6.61 Å². The molecule has 0 aliphatic rings. The number of halogens is 2. The van der Waals surface area contributed by atoms with Gasteiger partial charge in [-0.1, -0.05) is 31.9 Å². The summed E-state index contributed by atoms with van der Waals surface area (Å²) >= 11 is 6.53. The van der Waals surface area contributed by atoms with Gasteiger partial charge in [-0.3, -0.25) is 0 Å². The van der Waals surface area contributed by atoms with Crippen LogP contribution in [-0.4, -0.2) is 28.0 Å². The lowest BCUT2D eigenvalue weighted by atomic mass is 10.1. The molecule has 2 atom stereocenters. The third-order valence-corrected chi connectivity index (χ3v) is 2.69. The van der Waals surface area contributed by atoms with Crippen LogP contribution >= 0.6 is 31.9 Å². The van der Waals surface area contributed by atoms with Crippen molar-refractivity contribution < 1.29 is 15.3 Å². The molecular formula is C9H10Br2O3. The first-order valence-electron chi connectivity index (χ1n) is 3.97. The van der Waals surface area contributed by atoms with Gasteiger partial charge in [0.1, 0.15) is 12.2 Å². The van der Waals surface area contributed by atoms with Crippen LogP contribution in [0.4, 0.5) is 0 Å². The van der Waals surface area contributed by atoms with Crippen molar-refractivity contribution in [3.05, 3.63) is 32.7 Å². The first kappa shape index (κ1) is 12.1. The molecule has 0 aromatic heterocycles. The lowest BCUT2D eigenvalue weighted by molar-refractivity contribution is -0.0153. The second-order valence-electron chi connectivity index (χ2n) is 2.90. The van der Waals surface area contributed by atoms with Crippen molar-refractivity contribution in [2.24, 2.45) is 0 Å². The van der Waals surface area contributed by atoms with Gasteiger partial charge in [0.2, 0.25) is 0 Å². The van der Waals surface area contributed by atoms with Crippen molar-refractivity contribution in [2.45, 2.75) is 12.2 Å². The molecule has 0 saturated heterocycles. The number of hydrogen-bond donors (Lipinski definition) is 3. The highest BCUT2D eigenvalue weighted by Crippen LogP contribution is 2.25. The molecule has 0 heterocycles. The average molecular weight is 326 g/mol. The minimum absolute atomic E-state index is 0.467. The monoisotopic (exact) mass is 324 g/mol. The molecule has 1 aromatic carbocycles. The Kier molecular flexibility index (Phi) is 4.53. The maximum absolute atomic E-state index is 9.59. The summed E-state index contributed by atoms with van der Waals surface area (Å²) in [6, 6.07) is 5.20. The molecule has 5 heteroatoms. The van der Waals surface area contributed by atoms with E-state index >= 15 is 0 Å². The molecule has 3 N–H and O–H groups in total. The van der Waals surface area contributed by atoms with E-state index in [1.165, 1.54) is 0 Å². The predicted octanol–water partition coefficient (Wildman–Crippen LogP) is 1.60. The molecule has 1 rings (SSSR count). The molecule has 2 unspecified atom stereocenters. The van der Waals surface area contributed by atoms with Gasteiger partial charge in [-0.15, -0.1) is 0 Å². The highest BCUT2D eigenvalue weighted by molar-refractivity contribution is 9.11. The Balaban J connectivity index is 2.94. The van der Waals surface area contributed by atoms with E-state index in [9.17, 15) is 10.2 Å². The molecule has 0 spiro atoms. The largest absolute Gasteiger partial charge is 0.394 e. The van der Waals surface area contributed by atoms with Crippen LogP contribution in [0.2, 0.25) is 0 Å². The van der Waals surface area contributed by atoms with E-state index < -0.39 is 18.8 Å². The van der Waals surface area contributed by atoms with Crippen LogP contribution in [0.3, 0.4) is 0 Å². The summed E-state index contributed by atoms with van der Waals surface area (Å²) in [5, 5.41) is 27.5. The highest BCUT2D eigenvalue weighted by Gasteiger charge is 2.17. The fourth-order valence-corrected chi connectivity index (χ4v) is 2.40. The maximum atomic E-state index is 9.59. The molecule has 0 radical (unpaired) electrons. The molecule has 0 amide bonds. The summed E-state index contributed by atoms with van der Waals surface area (Å²) in [5.74, 6) is 0. The van der Waals surface area contributed by atoms with E-state index in [4.69, 9.17) is 5.11 Å². The fourth-order valence-electron chi connectivity index (χ4n) is 1.07. The summed E-state index contributed by atoms with van der Waals surface area (Å²) in [6.07, 6.45) is -2.23. The Bertz CT molecular complexity index is 297. The van der Waals surface area contributed by atoms with Crippen molar-refractivity contribution >= 4 is 31.9 Å². The zero-order valence-electron chi connectivity index (χ0n) is 7.19. The minimum Gasteiger partial charge on any atom is -0.394 e. The standard InChI is InChI=1S/C9H10Br2O3/c10-6-1-5(2-7(11)3-6)9(14)8(13)4-12/h1-3,8-9,12-14H,4H2. The normalized spacial score (nSPS) is 15.2. The summed E-state index contributed by atoms with van der Waals surface area (Å²) in [4.78, 5) is 0. The lowest BCUT2D eigenvalue weighted by Crippen LogP contribution is -2.22. The summed E-state index contributed by atoms with van der Waals surface area (Å²) in [5.41, 5.74) is 0.549. The number of benzene rings is 1. The Morgan fingerprint density at radius 3 is 2.00 bits per heavy atom. The van der Waals surface area contributed by atoms with Gasteiger partial charge in [-0.25, -0.2) is 0 Å². The van der Waals surface area contributed by atoms with E-state index in [1.54, 1.807) is 12.1 Å². The molecule has 0 aliphatic heterocycles. The Labute approximate surface area is 98.6 Å². The first-order valence-corrected chi connectivity index (χ1v) is 5.56. The molecule has 1 aromatic rings. The molecule has 0 aliphatic carbocycles. The van der Waals surface area contributed by atoms with Crippen LogP contribution in [0, 0.1) is 0 Å². The fraction of sp³-hybridized carbons (Fsp3) is 0.333. The molecule has 0 fully saturated rings. The van der Waals surface area contributed by atoms with E-state index in [0.717, 1.165) is 8.95 Å². The third kappa shape index (κ3) is 3.03. The average Bonchev–Trinajstić information content (AvgIpc) is 2.14. The maximum Gasteiger partial charge on any atom is 0.107 e. The van der Waals surface area contributed by atoms with Crippen LogP contribution in [0.15, 0.2) is 27.1 Å². The quantitative estimate of drug-likeness (QED) is 0.791. The van der Waals surface area contributed by atoms with E-state index in [0.29, 0.717) is 5.56 Å². The van der Waals surface area contributed by atoms with Gasteiger partial charge in [-0.2, -0.15) is 0 Å². The van der Waals surface area contributed by atoms with Crippen molar-refractivity contribution in [3.63, 3.8) is 0 Å². The Morgan fingerprint density at radius 2 is 1.57 bits per heavy atom. The third-order valence-electron chi connectivity index (χ3n) is 1.78. The van der Waals surface area contributed by atoms with Crippen molar-refractivity contribution in [1.29, 1.82) is 0 Å². The first-order chi connectivity index (χ1) is 6.54. The van der Waals surface area contributed by atoms with Crippen LogP contribution in [-0.2, 0) is 0 Å². The Hall–Kier alpha value is 0.0600. The molecular weight excluding hydrogens is 316 g/mol. The van der Waals surface area contributed by atoms with Crippen molar-refractivity contribution in [1.82, 2.24) is 0 Å². The Morgan fingerprint density at radius 1 is 1.07 bits per heavy atom. The van der Waals surface area contributed by atoms with Gasteiger partial charge in [0.05, 0.1) is 6.61 Å². The van der Waals surface area contributed by atoms with Gasteiger partial charge in [0.25, 0.3) is 0 Å². The zero-order valence-corrected chi connectivity index (χ0v) is 10.4. The van der Waals surface area contributed by atoms with Gasteiger partial charge in [0.15, 0.2) is 0 Å². The molecule has 0 saturated carbocycles. The van der Waals surface area contributed by atoms with Gasteiger partial charge < -0.3 is 15.3 Å².